The van der Waals surface area contributed by atoms with Gasteiger partial charge < -0.3 is 26.0 Å². The second kappa shape index (κ2) is 11.6. The molecule has 2 aromatic carbocycles. The molecule has 0 radical (unpaired) electrons. The highest BCUT2D eigenvalue weighted by molar-refractivity contribution is 6.32. The van der Waals surface area contributed by atoms with Crippen LogP contribution in [0.3, 0.4) is 0 Å². The number of carbonyl (C=O) groups is 5. The van der Waals surface area contributed by atoms with Gasteiger partial charge in [0.25, 0.3) is 0 Å². The lowest BCUT2D eigenvalue weighted by Gasteiger charge is -2.52. The fourth-order valence-electron chi connectivity index (χ4n) is 7.31. The van der Waals surface area contributed by atoms with Crippen LogP contribution in [-0.2, 0) is 32.1 Å². The van der Waals surface area contributed by atoms with E-state index in [2.05, 4.69) is 11.4 Å². The Kier molecular flexibility index (Phi) is 8.15. The minimum atomic E-state index is -2.78. The van der Waals surface area contributed by atoms with Crippen LogP contribution < -0.4 is 15.8 Å². The Balaban J connectivity index is 1.61. The van der Waals surface area contributed by atoms with Crippen LogP contribution in [0.25, 0.3) is 11.1 Å². The zero-order valence-electron chi connectivity index (χ0n) is 24.6. The van der Waals surface area contributed by atoms with Crippen molar-refractivity contribution in [3.8, 4) is 28.7 Å². The lowest BCUT2D eigenvalue weighted by molar-refractivity contribution is -0.181. The molecule has 1 amide bonds. The third-order valence-corrected chi connectivity index (χ3v) is 9.24. The maximum atomic E-state index is 14.1. The molecule has 44 heavy (non-hydrogen) atoms. The first-order valence-corrected chi connectivity index (χ1v) is 14.3. The lowest BCUT2D eigenvalue weighted by Crippen LogP contribution is -2.74. The summed E-state index contributed by atoms with van der Waals surface area (Å²) in [5, 5.41) is 34.7. The second-order valence-corrected chi connectivity index (χ2v) is 11.9. The number of nitriles is 1. The minimum Gasteiger partial charge on any atom is -0.507 e. The number of carbonyl (C=O) groups excluding carboxylic acids is 5. The Labute approximate surface area is 253 Å². The van der Waals surface area contributed by atoms with Crippen LogP contribution in [0.2, 0.25) is 0 Å². The first-order valence-electron chi connectivity index (χ1n) is 14.3. The van der Waals surface area contributed by atoms with Crippen molar-refractivity contribution in [2.24, 2.45) is 29.4 Å². The fourth-order valence-corrected chi connectivity index (χ4v) is 7.31. The molecule has 0 bridgehead atoms. The van der Waals surface area contributed by atoms with Crippen molar-refractivity contribution in [1.29, 1.82) is 5.26 Å². The predicted octanol–water partition coefficient (Wildman–Crippen LogP) is 0.546. The molecule has 5 N–H and O–H groups in total. The highest BCUT2D eigenvalue weighted by Crippen LogP contribution is 2.52. The molecule has 5 rings (SSSR count). The number of phenols is 1. The number of likely N-dealkylation sites (N-methyl/N-ethyl adjacent to an activating group) is 1. The molecule has 12 heteroatoms. The Morgan fingerprint density at radius 2 is 1.89 bits per heavy atom. The molecular weight excluding hydrogens is 568 g/mol. The number of nitrogens with one attached hydrogen (secondary N) is 1. The fraction of sp³-hybridized carbons (Fsp3) is 0.438. The number of nitrogens with two attached hydrogens (primary N) is 1. The quantitative estimate of drug-likeness (QED) is 0.243. The van der Waals surface area contributed by atoms with Gasteiger partial charge in [0.05, 0.1) is 30.7 Å². The highest BCUT2D eigenvalue weighted by Gasteiger charge is 2.69. The van der Waals surface area contributed by atoms with E-state index in [-0.39, 0.29) is 24.2 Å². The average Bonchev–Trinajstić information content (AvgIpc) is 2.97. The van der Waals surface area contributed by atoms with Crippen molar-refractivity contribution in [3.63, 3.8) is 0 Å². The standard InChI is InChI=1S/C32H34N4O8/c1-36(2)26-20-13-16-12-19-17(18-11-15(5-8-22(18)44-3)14-35-10-4-9-33)6-7-21(37)24(19)27(38)23(16)29(40)32(20,43)30(41)25(28(26)39)31(34)42/h5-8,11,16,20,23,25-26,35,37,43H,4,10,12-14H2,1-3H3,(H2,34,42)/t16-,20-,23?,25?,26-,32-/m1/s1. The van der Waals surface area contributed by atoms with Crippen LogP contribution in [0.15, 0.2) is 30.3 Å². The summed E-state index contributed by atoms with van der Waals surface area (Å²) in [6.07, 6.45) is 0.436. The van der Waals surface area contributed by atoms with Crippen molar-refractivity contribution in [2.45, 2.75) is 37.5 Å². The van der Waals surface area contributed by atoms with E-state index in [1.165, 1.54) is 18.1 Å². The van der Waals surface area contributed by atoms with Gasteiger partial charge in [-0.2, -0.15) is 5.26 Å². The first kappa shape index (κ1) is 31.0. The van der Waals surface area contributed by atoms with Crippen LogP contribution in [0.1, 0.15) is 34.3 Å². The number of nitrogens with zero attached hydrogens (tertiary/aromatic N) is 2. The van der Waals surface area contributed by atoms with Gasteiger partial charge in [0.15, 0.2) is 34.7 Å². The Hall–Kier alpha value is -4.44. The predicted molar refractivity (Wildman–Crippen MR) is 155 cm³/mol. The average molecular weight is 603 g/mol. The van der Waals surface area contributed by atoms with E-state index in [0.29, 0.717) is 42.0 Å². The van der Waals surface area contributed by atoms with Crippen LogP contribution in [0, 0.1) is 35.0 Å². The number of rotatable bonds is 8. The number of amides is 1. The maximum Gasteiger partial charge on any atom is 0.235 e. The molecule has 2 saturated carbocycles. The Morgan fingerprint density at radius 3 is 2.52 bits per heavy atom. The highest BCUT2D eigenvalue weighted by atomic mass is 16.5. The maximum absolute atomic E-state index is 14.1. The summed E-state index contributed by atoms with van der Waals surface area (Å²) < 4.78 is 5.63. The van der Waals surface area contributed by atoms with Gasteiger partial charge in [-0.25, -0.2) is 0 Å². The molecule has 12 nitrogen and oxygen atoms in total. The normalized spacial score (nSPS) is 27.8. The van der Waals surface area contributed by atoms with Gasteiger partial charge in [-0.1, -0.05) is 12.1 Å². The van der Waals surface area contributed by atoms with Crippen LogP contribution in [0.5, 0.6) is 11.5 Å². The number of fused-ring (bicyclic) bond motifs is 3. The summed E-state index contributed by atoms with van der Waals surface area (Å²) in [7, 11) is 4.59. The zero-order chi connectivity index (χ0) is 32.1. The molecule has 6 atom stereocenters. The number of Topliss-reactive ketones (excluding diaryl/α,β-unsaturated/α-hetero) is 4. The van der Waals surface area contributed by atoms with Gasteiger partial charge in [-0.05, 0) is 67.7 Å². The van der Waals surface area contributed by atoms with E-state index < -0.39 is 64.4 Å². The van der Waals surface area contributed by atoms with Gasteiger partial charge in [-0.3, -0.25) is 28.9 Å². The summed E-state index contributed by atoms with van der Waals surface area (Å²) in [6, 6.07) is 9.46. The van der Waals surface area contributed by atoms with Gasteiger partial charge in [0.1, 0.15) is 11.5 Å². The third kappa shape index (κ3) is 4.68. The van der Waals surface area contributed by atoms with Crippen molar-refractivity contribution in [2.75, 3.05) is 27.7 Å². The number of aromatic hydroxyl groups is 1. The molecule has 2 fully saturated rings. The topological polar surface area (TPSA) is 200 Å². The molecule has 0 aliphatic heterocycles. The van der Waals surface area contributed by atoms with Crippen molar-refractivity contribution >= 4 is 29.0 Å². The lowest BCUT2D eigenvalue weighted by atomic mass is 9.52. The number of hydrogen-bond acceptors (Lipinski definition) is 11. The number of phenolic OH excluding ortho intramolecular Hbond substituents is 1. The summed E-state index contributed by atoms with van der Waals surface area (Å²) in [5.74, 6) is -10.5. The van der Waals surface area contributed by atoms with Crippen molar-refractivity contribution in [1.82, 2.24) is 10.2 Å². The monoisotopic (exact) mass is 602 g/mol. The van der Waals surface area contributed by atoms with Gasteiger partial charge in [0, 0.05) is 31.0 Å². The molecule has 3 aliphatic rings. The zero-order valence-corrected chi connectivity index (χ0v) is 24.6. The molecule has 2 aromatic rings. The van der Waals surface area contributed by atoms with E-state index in [1.807, 2.05) is 12.1 Å². The van der Waals surface area contributed by atoms with E-state index >= 15 is 0 Å². The molecule has 0 spiro atoms. The number of hydrogen-bond donors (Lipinski definition) is 4. The number of benzene rings is 2. The first-order chi connectivity index (χ1) is 20.9. The summed E-state index contributed by atoms with van der Waals surface area (Å²) in [5.41, 5.74) is 5.12. The minimum absolute atomic E-state index is 0.0427. The van der Waals surface area contributed by atoms with E-state index in [9.17, 15) is 34.2 Å². The third-order valence-electron chi connectivity index (χ3n) is 9.24. The van der Waals surface area contributed by atoms with Crippen molar-refractivity contribution in [3.05, 3.63) is 47.0 Å². The Morgan fingerprint density at radius 1 is 1.16 bits per heavy atom. The summed E-state index contributed by atoms with van der Waals surface area (Å²) in [4.78, 5) is 68.5. The Bertz CT molecular complexity index is 1630. The van der Waals surface area contributed by atoms with Crippen LogP contribution in [0.4, 0.5) is 0 Å². The van der Waals surface area contributed by atoms with Crippen LogP contribution in [-0.4, -0.2) is 83.5 Å². The van der Waals surface area contributed by atoms with E-state index in [0.717, 1.165) is 5.56 Å². The van der Waals surface area contributed by atoms with Gasteiger partial charge >= 0.3 is 0 Å². The second-order valence-electron chi connectivity index (χ2n) is 11.9. The van der Waals surface area contributed by atoms with Crippen molar-refractivity contribution < 1.29 is 38.9 Å². The molecule has 2 unspecified atom stereocenters. The number of primary amides is 1. The molecule has 0 saturated heterocycles. The summed E-state index contributed by atoms with van der Waals surface area (Å²) >= 11 is 0. The van der Waals surface area contributed by atoms with Gasteiger partial charge in [0.2, 0.25) is 5.91 Å². The van der Waals surface area contributed by atoms with E-state index in [1.54, 1.807) is 26.2 Å². The molecule has 0 heterocycles. The number of aliphatic hydroxyl groups is 1. The number of ether oxygens (including phenoxy) is 1. The molecule has 0 aromatic heterocycles. The molecule has 3 aliphatic carbocycles. The SMILES string of the molecule is COc1ccc(CNCCC#N)cc1-c1ccc(O)c2c1C[C@@H]1C[C@@H]3[C@@H](N(C)C)C(=O)C(C(N)=O)C(=O)[C@]3(O)C(=O)C1C2=O. The molecule has 230 valence electrons. The molecular formula is C32H34N4O8. The largest absolute Gasteiger partial charge is 0.507 e. The summed E-state index contributed by atoms with van der Waals surface area (Å²) in [6.45, 7) is 0.975. The number of methoxy groups -OCH3 is 1. The smallest absolute Gasteiger partial charge is 0.235 e. The van der Waals surface area contributed by atoms with E-state index in [4.69, 9.17) is 15.7 Å². The number of ketones is 4. The van der Waals surface area contributed by atoms with Crippen LogP contribution >= 0.6 is 0 Å². The van der Waals surface area contributed by atoms with Gasteiger partial charge in [-0.15, -0.1) is 0 Å².